The van der Waals surface area contributed by atoms with Crippen LogP contribution in [0.1, 0.15) is 17.3 Å². The number of methoxy groups -OCH3 is 2. The molecule has 0 aliphatic rings. The van der Waals surface area contributed by atoms with Crippen molar-refractivity contribution in [3.63, 3.8) is 0 Å². The first-order valence-corrected chi connectivity index (χ1v) is 5.61. The fourth-order valence-corrected chi connectivity index (χ4v) is 1.66. The molecule has 1 atom stereocenters. The van der Waals surface area contributed by atoms with E-state index in [2.05, 4.69) is 9.97 Å². The second kappa shape index (κ2) is 5.62. The molecule has 19 heavy (non-hydrogen) atoms. The molecule has 1 aromatic carbocycles. The summed E-state index contributed by atoms with van der Waals surface area (Å²) in [5.74, 6) is 0.312. The Bertz CT molecular complexity index is 560. The summed E-state index contributed by atoms with van der Waals surface area (Å²) in [5, 5.41) is 0. The molecule has 0 aliphatic heterocycles. The van der Waals surface area contributed by atoms with Gasteiger partial charge in [-0.05, 0) is 17.7 Å². The summed E-state index contributed by atoms with van der Waals surface area (Å²) in [6.07, 6.45) is 1.46. The number of halogens is 1. The van der Waals surface area contributed by atoms with E-state index >= 15 is 0 Å². The summed E-state index contributed by atoms with van der Waals surface area (Å²) in [4.78, 5) is 8.30. The lowest BCUT2D eigenvalue weighted by Crippen LogP contribution is -2.15. The number of hydrogen-bond donors (Lipinski definition) is 1. The highest BCUT2D eigenvalue weighted by molar-refractivity contribution is 5.34. The Morgan fingerprint density at radius 3 is 2.42 bits per heavy atom. The van der Waals surface area contributed by atoms with Gasteiger partial charge in [0, 0.05) is 0 Å². The first kappa shape index (κ1) is 13.2. The van der Waals surface area contributed by atoms with E-state index in [-0.39, 0.29) is 11.7 Å². The van der Waals surface area contributed by atoms with E-state index in [1.165, 1.54) is 32.5 Å². The molecule has 0 fully saturated rings. The minimum atomic E-state index is -0.547. The van der Waals surface area contributed by atoms with Gasteiger partial charge in [0.05, 0.1) is 26.5 Å². The van der Waals surface area contributed by atoms with Crippen LogP contribution >= 0.6 is 0 Å². The van der Waals surface area contributed by atoms with Crippen molar-refractivity contribution >= 4 is 0 Å². The molecule has 0 saturated heterocycles. The van der Waals surface area contributed by atoms with Crippen molar-refractivity contribution in [3.05, 3.63) is 47.5 Å². The monoisotopic (exact) mass is 263 g/mol. The topological polar surface area (TPSA) is 70.3 Å². The number of ether oxygens (including phenoxy) is 2. The molecule has 2 aromatic rings. The highest BCUT2D eigenvalue weighted by Crippen LogP contribution is 2.26. The van der Waals surface area contributed by atoms with Crippen molar-refractivity contribution < 1.29 is 13.9 Å². The zero-order valence-electron chi connectivity index (χ0n) is 10.6. The molecule has 2 rings (SSSR count). The fraction of sp³-hybridized carbons (Fsp3) is 0.231. The smallest absolute Gasteiger partial charge is 0.240 e. The SMILES string of the molecule is COc1cnc(C(N)c2ccc(F)cc2)c(OC)n1. The lowest BCUT2D eigenvalue weighted by atomic mass is 10.0. The average Bonchev–Trinajstić information content (AvgIpc) is 2.46. The van der Waals surface area contributed by atoms with Crippen molar-refractivity contribution in [2.45, 2.75) is 6.04 Å². The molecular formula is C13H14FN3O2. The highest BCUT2D eigenvalue weighted by Gasteiger charge is 2.18. The van der Waals surface area contributed by atoms with Gasteiger partial charge in [0.25, 0.3) is 0 Å². The Hall–Kier alpha value is -2.21. The van der Waals surface area contributed by atoms with E-state index in [1.807, 2.05) is 0 Å². The molecule has 0 bridgehead atoms. The van der Waals surface area contributed by atoms with Gasteiger partial charge in [0.15, 0.2) is 0 Å². The molecular weight excluding hydrogens is 249 g/mol. The van der Waals surface area contributed by atoms with E-state index in [1.54, 1.807) is 12.1 Å². The van der Waals surface area contributed by atoms with Crippen LogP contribution in [0.4, 0.5) is 4.39 Å². The Morgan fingerprint density at radius 1 is 1.16 bits per heavy atom. The van der Waals surface area contributed by atoms with Gasteiger partial charge < -0.3 is 15.2 Å². The number of aromatic nitrogens is 2. The lowest BCUT2D eigenvalue weighted by molar-refractivity contribution is 0.355. The Kier molecular flexibility index (Phi) is 3.91. The summed E-state index contributed by atoms with van der Waals surface area (Å²) in [7, 11) is 2.97. The molecule has 100 valence electrons. The molecule has 0 radical (unpaired) electrons. The summed E-state index contributed by atoms with van der Waals surface area (Å²) < 4.78 is 23.0. The molecule has 2 N–H and O–H groups in total. The van der Waals surface area contributed by atoms with Crippen LogP contribution in [0, 0.1) is 5.82 Å². The van der Waals surface area contributed by atoms with Crippen molar-refractivity contribution in [1.29, 1.82) is 0 Å². The van der Waals surface area contributed by atoms with E-state index in [9.17, 15) is 4.39 Å². The van der Waals surface area contributed by atoms with Crippen LogP contribution < -0.4 is 15.2 Å². The highest BCUT2D eigenvalue weighted by atomic mass is 19.1. The molecule has 0 amide bonds. The minimum absolute atomic E-state index is 0.288. The number of nitrogens with two attached hydrogens (primary N) is 1. The maximum atomic E-state index is 12.9. The second-order valence-corrected chi connectivity index (χ2v) is 3.84. The molecule has 1 heterocycles. The summed E-state index contributed by atoms with van der Waals surface area (Å²) in [5.41, 5.74) is 7.28. The third kappa shape index (κ3) is 2.79. The summed E-state index contributed by atoms with van der Waals surface area (Å²) in [6.45, 7) is 0. The maximum Gasteiger partial charge on any atom is 0.240 e. The molecule has 1 aromatic heterocycles. The van der Waals surface area contributed by atoms with Crippen LogP contribution in [0.15, 0.2) is 30.5 Å². The van der Waals surface area contributed by atoms with Crippen LogP contribution in [0.5, 0.6) is 11.8 Å². The number of benzene rings is 1. The Morgan fingerprint density at radius 2 is 1.84 bits per heavy atom. The van der Waals surface area contributed by atoms with Gasteiger partial charge in [-0.3, -0.25) is 0 Å². The Balaban J connectivity index is 2.37. The Labute approximate surface area is 110 Å². The van der Waals surface area contributed by atoms with Gasteiger partial charge in [0.1, 0.15) is 11.5 Å². The van der Waals surface area contributed by atoms with Gasteiger partial charge in [-0.2, -0.15) is 4.98 Å². The van der Waals surface area contributed by atoms with Crippen molar-refractivity contribution in [1.82, 2.24) is 9.97 Å². The molecule has 0 saturated carbocycles. The van der Waals surface area contributed by atoms with Crippen LogP contribution in [0.2, 0.25) is 0 Å². The standard InChI is InChI=1S/C13H14FN3O2/c1-18-10-7-16-12(13(17-10)19-2)11(15)8-3-5-9(14)6-4-8/h3-7,11H,15H2,1-2H3. The summed E-state index contributed by atoms with van der Waals surface area (Å²) in [6, 6.07) is 5.35. The van der Waals surface area contributed by atoms with Crippen molar-refractivity contribution in [2.24, 2.45) is 5.73 Å². The number of rotatable bonds is 4. The first-order chi connectivity index (χ1) is 9.15. The number of hydrogen-bond acceptors (Lipinski definition) is 5. The van der Waals surface area contributed by atoms with Crippen LogP contribution in [0.3, 0.4) is 0 Å². The first-order valence-electron chi connectivity index (χ1n) is 5.61. The van der Waals surface area contributed by atoms with Crippen LogP contribution in [0.25, 0.3) is 0 Å². The predicted octanol–water partition coefficient (Wildman–Crippen LogP) is 1.68. The van der Waals surface area contributed by atoms with Gasteiger partial charge in [-0.15, -0.1) is 0 Å². The second-order valence-electron chi connectivity index (χ2n) is 3.84. The maximum absolute atomic E-state index is 12.9. The average molecular weight is 263 g/mol. The van der Waals surface area contributed by atoms with E-state index in [0.717, 1.165) is 5.56 Å². The predicted molar refractivity (Wildman–Crippen MR) is 67.6 cm³/mol. The molecule has 6 heteroatoms. The number of nitrogens with zero attached hydrogens (tertiary/aromatic N) is 2. The van der Waals surface area contributed by atoms with E-state index in [4.69, 9.17) is 15.2 Å². The molecule has 0 spiro atoms. The zero-order valence-corrected chi connectivity index (χ0v) is 10.6. The largest absolute Gasteiger partial charge is 0.480 e. The van der Waals surface area contributed by atoms with Crippen molar-refractivity contribution in [3.8, 4) is 11.8 Å². The van der Waals surface area contributed by atoms with Crippen LogP contribution in [-0.2, 0) is 0 Å². The third-order valence-corrected chi connectivity index (χ3v) is 2.67. The van der Waals surface area contributed by atoms with Gasteiger partial charge >= 0.3 is 0 Å². The molecule has 1 unspecified atom stereocenters. The zero-order chi connectivity index (χ0) is 13.8. The fourth-order valence-electron chi connectivity index (χ4n) is 1.66. The minimum Gasteiger partial charge on any atom is -0.480 e. The normalized spacial score (nSPS) is 12.0. The van der Waals surface area contributed by atoms with Crippen molar-refractivity contribution in [2.75, 3.05) is 14.2 Å². The van der Waals surface area contributed by atoms with Gasteiger partial charge in [-0.1, -0.05) is 12.1 Å². The van der Waals surface area contributed by atoms with Crippen LogP contribution in [-0.4, -0.2) is 24.2 Å². The third-order valence-electron chi connectivity index (χ3n) is 2.67. The lowest BCUT2D eigenvalue weighted by Gasteiger charge is -2.14. The summed E-state index contributed by atoms with van der Waals surface area (Å²) >= 11 is 0. The molecule has 0 aliphatic carbocycles. The van der Waals surface area contributed by atoms with Gasteiger partial charge in [-0.25, -0.2) is 9.37 Å². The quantitative estimate of drug-likeness (QED) is 0.908. The van der Waals surface area contributed by atoms with E-state index < -0.39 is 6.04 Å². The van der Waals surface area contributed by atoms with E-state index in [0.29, 0.717) is 11.6 Å². The molecule has 5 nitrogen and oxygen atoms in total. The van der Waals surface area contributed by atoms with Gasteiger partial charge in [0.2, 0.25) is 11.8 Å².